The first kappa shape index (κ1) is 14.9. The molecular formula is C17H19NO3. The lowest BCUT2D eigenvalue weighted by molar-refractivity contribution is 0.0602. The largest absolute Gasteiger partial charge is 0.508 e. The highest BCUT2D eigenvalue weighted by Crippen LogP contribution is 2.30. The number of aromatic hydroxyl groups is 1. The molecule has 0 aromatic heterocycles. The van der Waals surface area contributed by atoms with E-state index in [1.165, 1.54) is 7.11 Å². The highest BCUT2D eigenvalue weighted by molar-refractivity contribution is 5.95. The van der Waals surface area contributed by atoms with Gasteiger partial charge in [0.2, 0.25) is 0 Å². The number of phenols is 1. The Morgan fingerprint density at radius 2 is 1.86 bits per heavy atom. The standard InChI is InChI=1S/C17H19NO3/c1-3-14(12-8-5-7-11-16(12)19)18-15-10-6-4-9-13(15)17(20)21-2/h4-11,14,18-19H,3H2,1-2H3. The molecule has 110 valence electrons. The van der Waals surface area contributed by atoms with Crippen LogP contribution in [0.4, 0.5) is 5.69 Å². The van der Waals surface area contributed by atoms with E-state index in [0.29, 0.717) is 11.3 Å². The number of hydrogen-bond donors (Lipinski definition) is 2. The van der Waals surface area contributed by atoms with Gasteiger partial charge in [0.1, 0.15) is 5.75 Å². The predicted octanol–water partition coefficient (Wildman–Crippen LogP) is 3.74. The van der Waals surface area contributed by atoms with Crippen LogP contribution in [0.5, 0.6) is 5.75 Å². The van der Waals surface area contributed by atoms with Crippen molar-refractivity contribution in [2.24, 2.45) is 0 Å². The van der Waals surface area contributed by atoms with Gasteiger partial charge in [0, 0.05) is 11.3 Å². The van der Waals surface area contributed by atoms with Crippen LogP contribution in [0, 0.1) is 0 Å². The van der Waals surface area contributed by atoms with Crippen molar-refractivity contribution in [3.8, 4) is 5.75 Å². The molecule has 1 unspecified atom stereocenters. The molecule has 0 heterocycles. The molecule has 0 amide bonds. The van der Waals surface area contributed by atoms with Crippen LogP contribution in [0.2, 0.25) is 0 Å². The van der Waals surface area contributed by atoms with E-state index in [2.05, 4.69) is 5.32 Å². The van der Waals surface area contributed by atoms with Crippen LogP contribution in [-0.4, -0.2) is 18.2 Å². The summed E-state index contributed by atoms with van der Waals surface area (Å²) in [6, 6.07) is 14.3. The number of para-hydroxylation sites is 2. The topological polar surface area (TPSA) is 58.6 Å². The van der Waals surface area contributed by atoms with Crippen LogP contribution in [0.25, 0.3) is 0 Å². The summed E-state index contributed by atoms with van der Waals surface area (Å²) < 4.78 is 4.79. The van der Waals surface area contributed by atoms with Crippen molar-refractivity contribution in [1.29, 1.82) is 0 Å². The third-order valence-electron chi connectivity index (χ3n) is 3.38. The van der Waals surface area contributed by atoms with E-state index in [-0.39, 0.29) is 17.8 Å². The van der Waals surface area contributed by atoms with Gasteiger partial charge < -0.3 is 15.2 Å². The monoisotopic (exact) mass is 285 g/mol. The first-order chi connectivity index (χ1) is 10.2. The molecule has 0 aliphatic rings. The average Bonchev–Trinajstić information content (AvgIpc) is 2.53. The summed E-state index contributed by atoms with van der Waals surface area (Å²) in [6.45, 7) is 2.02. The Morgan fingerprint density at radius 1 is 1.19 bits per heavy atom. The number of carbonyl (C=O) groups excluding carboxylic acids is 1. The zero-order chi connectivity index (χ0) is 15.2. The van der Waals surface area contributed by atoms with Crippen LogP contribution < -0.4 is 5.32 Å². The molecular weight excluding hydrogens is 266 g/mol. The molecule has 0 saturated carbocycles. The molecule has 4 heteroatoms. The maximum absolute atomic E-state index is 11.8. The zero-order valence-corrected chi connectivity index (χ0v) is 12.2. The lowest BCUT2D eigenvalue weighted by atomic mass is 10.0. The van der Waals surface area contributed by atoms with E-state index in [9.17, 15) is 9.90 Å². The highest BCUT2D eigenvalue weighted by atomic mass is 16.5. The van der Waals surface area contributed by atoms with E-state index in [4.69, 9.17) is 4.74 Å². The second-order valence-corrected chi connectivity index (χ2v) is 4.70. The number of phenolic OH excluding ortho intramolecular Hbond substituents is 1. The van der Waals surface area contributed by atoms with Gasteiger partial charge in [0.25, 0.3) is 0 Å². The molecule has 0 saturated heterocycles. The van der Waals surface area contributed by atoms with Gasteiger partial charge in [-0.15, -0.1) is 0 Å². The molecule has 0 bridgehead atoms. The quantitative estimate of drug-likeness (QED) is 0.822. The van der Waals surface area contributed by atoms with E-state index in [0.717, 1.165) is 12.0 Å². The van der Waals surface area contributed by atoms with Gasteiger partial charge in [-0.2, -0.15) is 0 Å². The van der Waals surface area contributed by atoms with Crippen molar-refractivity contribution in [3.63, 3.8) is 0 Å². The van der Waals surface area contributed by atoms with Gasteiger partial charge >= 0.3 is 5.97 Å². The molecule has 0 radical (unpaired) electrons. The van der Waals surface area contributed by atoms with Crippen molar-refractivity contribution >= 4 is 11.7 Å². The minimum Gasteiger partial charge on any atom is -0.508 e. The molecule has 0 aliphatic carbocycles. The Hall–Kier alpha value is -2.49. The smallest absolute Gasteiger partial charge is 0.339 e. The SMILES string of the molecule is CCC(Nc1ccccc1C(=O)OC)c1ccccc1O. The van der Waals surface area contributed by atoms with Crippen molar-refractivity contribution in [2.45, 2.75) is 19.4 Å². The Bertz CT molecular complexity index is 625. The number of rotatable bonds is 5. The molecule has 21 heavy (non-hydrogen) atoms. The average molecular weight is 285 g/mol. The fraction of sp³-hybridized carbons (Fsp3) is 0.235. The van der Waals surface area contributed by atoms with Crippen molar-refractivity contribution in [3.05, 3.63) is 59.7 Å². The molecule has 4 nitrogen and oxygen atoms in total. The van der Waals surface area contributed by atoms with Gasteiger partial charge in [-0.3, -0.25) is 0 Å². The number of esters is 1. The Kier molecular flexibility index (Phi) is 4.82. The van der Waals surface area contributed by atoms with Crippen LogP contribution in [0.3, 0.4) is 0 Å². The second-order valence-electron chi connectivity index (χ2n) is 4.70. The maximum atomic E-state index is 11.8. The third-order valence-corrected chi connectivity index (χ3v) is 3.38. The summed E-state index contributed by atoms with van der Waals surface area (Å²) in [7, 11) is 1.36. The van der Waals surface area contributed by atoms with Crippen molar-refractivity contribution in [1.82, 2.24) is 0 Å². The number of anilines is 1. The summed E-state index contributed by atoms with van der Waals surface area (Å²) in [4.78, 5) is 11.8. The van der Waals surface area contributed by atoms with Crippen LogP contribution in [0.1, 0.15) is 35.3 Å². The first-order valence-electron chi connectivity index (χ1n) is 6.89. The molecule has 2 aromatic carbocycles. The number of nitrogens with one attached hydrogen (secondary N) is 1. The van der Waals surface area contributed by atoms with E-state index in [1.54, 1.807) is 24.3 Å². The second kappa shape index (κ2) is 6.79. The third kappa shape index (κ3) is 3.34. The molecule has 0 fully saturated rings. The van der Waals surface area contributed by atoms with Gasteiger partial charge in [0.05, 0.1) is 18.7 Å². The molecule has 2 aromatic rings. The Balaban J connectivity index is 2.32. The van der Waals surface area contributed by atoms with Crippen molar-refractivity contribution < 1.29 is 14.6 Å². The Labute approximate surface area is 124 Å². The summed E-state index contributed by atoms with van der Waals surface area (Å²) >= 11 is 0. The number of methoxy groups -OCH3 is 1. The number of benzene rings is 2. The van der Waals surface area contributed by atoms with Crippen molar-refractivity contribution in [2.75, 3.05) is 12.4 Å². The van der Waals surface area contributed by atoms with E-state index < -0.39 is 0 Å². The normalized spacial score (nSPS) is 11.7. The number of hydrogen-bond acceptors (Lipinski definition) is 4. The van der Waals surface area contributed by atoms with Gasteiger partial charge in [-0.25, -0.2) is 4.79 Å². The fourth-order valence-corrected chi connectivity index (χ4v) is 2.27. The van der Waals surface area contributed by atoms with Crippen LogP contribution >= 0.6 is 0 Å². The molecule has 2 N–H and O–H groups in total. The molecule has 1 atom stereocenters. The van der Waals surface area contributed by atoms with Gasteiger partial charge in [-0.1, -0.05) is 37.3 Å². The molecule has 0 aliphatic heterocycles. The highest BCUT2D eigenvalue weighted by Gasteiger charge is 2.17. The van der Waals surface area contributed by atoms with Gasteiger partial charge in [-0.05, 0) is 24.6 Å². The molecule has 0 spiro atoms. The van der Waals surface area contributed by atoms with E-state index >= 15 is 0 Å². The Morgan fingerprint density at radius 3 is 2.52 bits per heavy atom. The number of carbonyl (C=O) groups is 1. The predicted molar refractivity (Wildman–Crippen MR) is 82.5 cm³/mol. The lowest BCUT2D eigenvalue weighted by Gasteiger charge is -2.21. The minimum absolute atomic E-state index is 0.0861. The summed E-state index contributed by atoms with van der Waals surface area (Å²) in [5.41, 5.74) is 1.98. The van der Waals surface area contributed by atoms with E-state index in [1.807, 2.05) is 31.2 Å². The lowest BCUT2D eigenvalue weighted by Crippen LogP contribution is -2.13. The summed E-state index contributed by atoms with van der Waals surface area (Å²) in [5, 5.41) is 13.3. The maximum Gasteiger partial charge on any atom is 0.339 e. The molecule has 2 rings (SSSR count). The fourth-order valence-electron chi connectivity index (χ4n) is 2.27. The summed E-state index contributed by atoms with van der Waals surface area (Å²) in [5.74, 6) is -0.141. The first-order valence-corrected chi connectivity index (χ1v) is 6.89. The minimum atomic E-state index is -0.384. The zero-order valence-electron chi connectivity index (χ0n) is 12.2. The van der Waals surface area contributed by atoms with Crippen LogP contribution in [-0.2, 0) is 4.74 Å². The summed E-state index contributed by atoms with van der Waals surface area (Å²) in [6.07, 6.45) is 0.771. The van der Waals surface area contributed by atoms with Crippen LogP contribution in [0.15, 0.2) is 48.5 Å². The van der Waals surface area contributed by atoms with Gasteiger partial charge in [0.15, 0.2) is 0 Å². The number of ether oxygens (including phenoxy) is 1.